The van der Waals surface area contributed by atoms with Crippen LogP contribution in [-0.2, 0) is 13.2 Å². The van der Waals surface area contributed by atoms with Crippen molar-refractivity contribution in [1.82, 2.24) is 14.8 Å². The third-order valence-corrected chi connectivity index (χ3v) is 5.88. The normalized spacial score (nSPS) is 10.9. The molecule has 0 radical (unpaired) electrons. The number of halogens is 2. The summed E-state index contributed by atoms with van der Waals surface area (Å²) in [5.41, 5.74) is 2.72. The summed E-state index contributed by atoms with van der Waals surface area (Å²) in [6.45, 7) is 7.05. The van der Waals surface area contributed by atoms with E-state index in [-0.39, 0.29) is 11.5 Å². The average Bonchev–Trinajstić information content (AvgIpc) is 3.07. The summed E-state index contributed by atoms with van der Waals surface area (Å²) >= 11 is 13.3. The average molecular weight is 450 g/mol. The molecule has 0 fully saturated rings. The quantitative estimate of drug-likeness (QED) is 0.322. The van der Waals surface area contributed by atoms with E-state index < -0.39 is 0 Å². The van der Waals surface area contributed by atoms with Crippen LogP contribution in [0.1, 0.15) is 34.2 Å². The number of nitrogens with zero attached hydrogens (tertiary/aromatic N) is 3. The van der Waals surface area contributed by atoms with E-state index in [2.05, 4.69) is 16.3 Å². The van der Waals surface area contributed by atoms with Crippen LogP contribution in [0, 0.1) is 13.8 Å². The van der Waals surface area contributed by atoms with Crippen LogP contribution in [0.5, 0.6) is 5.75 Å². The van der Waals surface area contributed by atoms with Crippen molar-refractivity contribution in [2.45, 2.75) is 39.1 Å². The van der Waals surface area contributed by atoms with Gasteiger partial charge in [0.25, 0.3) is 0 Å². The molecule has 0 bridgehead atoms. The third-order valence-electron chi connectivity index (χ3n) is 4.36. The summed E-state index contributed by atoms with van der Waals surface area (Å²) in [7, 11) is 0. The van der Waals surface area contributed by atoms with Crippen molar-refractivity contribution in [3.05, 3.63) is 69.0 Å². The summed E-state index contributed by atoms with van der Waals surface area (Å²) in [6.07, 6.45) is 0. The SMILES string of the molecule is CCn1c(COc2ccc(C)cc2C)nnc1SCC(=O)c1ccc(Cl)cc1Cl. The molecule has 0 saturated carbocycles. The minimum Gasteiger partial charge on any atom is -0.485 e. The Labute approximate surface area is 184 Å². The molecule has 0 aliphatic carbocycles. The maximum atomic E-state index is 12.5. The molecule has 29 heavy (non-hydrogen) atoms. The van der Waals surface area contributed by atoms with Gasteiger partial charge in [-0.3, -0.25) is 4.79 Å². The number of ketones is 1. The molecule has 0 atom stereocenters. The lowest BCUT2D eigenvalue weighted by Crippen LogP contribution is -2.09. The summed E-state index contributed by atoms with van der Waals surface area (Å²) in [5.74, 6) is 1.66. The molecule has 0 spiro atoms. The number of rotatable bonds is 8. The Kier molecular flexibility index (Phi) is 7.22. The standard InChI is InChI=1S/C21H21Cl2N3O2S/c1-4-26-20(11-28-19-8-5-13(2)9-14(19)3)24-25-21(26)29-12-18(27)16-7-6-15(22)10-17(16)23/h5-10H,4,11-12H2,1-3H3. The maximum Gasteiger partial charge on any atom is 0.191 e. The lowest BCUT2D eigenvalue weighted by atomic mass is 10.1. The molecule has 0 saturated heterocycles. The van der Waals surface area contributed by atoms with Crippen LogP contribution in [0.15, 0.2) is 41.6 Å². The van der Waals surface area contributed by atoms with Crippen molar-refractivity contribution >= 4 is 40.7 Å². The Morgan fingerprint density at radius 1 is 1.14 bits per heavy atom. The van der Waals surface area contributed by atoms with Gasteiger partial charge < -0.3 is 9.30 Å². The lowest BCUT2D eigenvalue weighted by Gasteiger charge is -2.11. The van der Waals surface area contributed by atoms with Gasteiger partial charge in [-0.25, -0.2) is 0 Å². The van der Waals surface area contributed by atoms with Gasteiger partial charge in [0, 0.05) is 17.1 Å². The van der Waals surface area contributed by atoms with E-state index in [9.17, 15) is 4.79 Å². The molecule has 1 heterocycles. The zero-order valence-electron chi connectivity index (χ0n) is 16.4. The molecule has 3 rings (SSSR count). The van der Waals surface area contributed by atoms with Crippen LogP contribution in [0.4, 0.5) is 0 Å². The number of carbonyl (C=O) groups is 1. The molecule has 0 N–H and O–H groups in total. The lowest BCUT2D eigenvalue weighted by molar-refractivity contribution is 0.102. The van der Waals surface area contributed by atoms with Gasteiger partial charge in [-0.2, -0.15) is 0 Å². The first-order valence-electron chi connectivity index (χ1n) is 9.12. The highest BCUT2D eigenvalue weighted by Gasteiger charge is 2.16. The number of Topliss-reactive ketones (excluding diaryl/α,β-unsaturated/α-hetero) is 1. The zero-order chi connectivity index (χ0) is 21.0. The number of thioether (sulfide) groups is 1. The van der Waals surface area contributed by atoms with Crippen LogP contribution < -0.4 is 4.74 Å². The monoisotopic (exact) mass is 449 g/mol. The molecule has 0 unspecified atom stereocenters. The number of ether oxygens (including phenoxy) is 1. The molecular weight excluding hydrogens is 429 g/mol. The molecule has 5 nitrogen and oxygen atoms in total. The first-order chi connectivity index (χ1) is 13.9. The van der Waals surface area contributed by atoms with Gasteiger partial charge in [-0.1, -0.05) is 52.7 Å². The van der Waals surface area contributed by atoms with E-state index in [0.717, 1.165) is 11.3 Å². The van der Waals surface area contributed by atoms with Crippen LogP contribution >= 0.6 is 35.0 Å². The van der Waals surface area contributed by atoms with E-state index in [1.165, 1.54) is 17.3 Å². The molecule has 1 aromatic heterocycles. The fourth-order valence-electron chi connectivity index (χ4n) is 2.88. The van der Waals surface area contributed by atoms with Crippen LogP contribution in [0.2, 0.25) is 10.0 Å². The Hall–Kier alpha value is -2.02. The topological polar surface area (TPSA) is 57.0 Å². The van der Waals surface area contributed by atoms with E-state index in [0.29, 0.717) is 39.7 Å². The zero-order valence-corrected chi connectivity index (χ0v) is 18.7. The number of hydrogen-bond donors (Lipinski definition) is 0. The highest BCUT2D eigenvalue weighted by atomic mass is 35.5. The van der Waals surface area contributed by atoms with Gasteiger partial charge in [0.2, 0.25) is 0 Å². The second-order valence-corrected chi connectivity index (χ2v) is 8.32. The van der Waals surface area contributed by atoms with E-state index in [4.69, 9.17) is 27.9 Å². The highest BCUT2D eigenvalue weighted by molar-refractivity contribution is 7.99. The Morgan fingerprint density at radius 2 is 1.93 bits per heavy atom. The number of hydrogen-bond acceptors (Lipinski definition) is 5. The van der Waals surface area contributed by atoms with Crippen molar-refractivity contribution in [3.8, 4) is 5.75 Å². The smallest absolute Gasteiger partial charge is 0.191 e. The van der Waals surface area contributed by atoms with Crippen molar-refractivity contribution in [3.63, 3.8) is 0 Å². The number of aromatic nitrogens is 3. The summed E-state index contributed by atoms with van der Waals surface area (Å²) in [6, 6.07) is 10.9. The van der Waals surface area contributed by atoms with Crippen molar-refractivity contribution < 1.29 is 9.53 Å². The second-order valence-electron chi connectivity index (χ2n) is 6.54. The predicted molar refractivity (Wildman–Crippen MR) is 117 cm³/mol. The van der Waals surface area contributed by atoms with Crippen molar-refractivity contribution in [2.75, 3.05) is 5.75 Å². The fourth-order valence-corrected chi connectivity index (χ4v) is 4.30. The number of aryl methyl sites for hydroxylation is 2. The highest BCUT2D eigenvalue weighted by Crippen LogP contribution is 2.25. The van der Waals surface area contributed by atoms with E-state index in [1.807, 2.05) is 37.5 Å². The Balaban J connectivity index is 1.66. The largest absolute Gasteiger partial charge is 0.485 e. The van der Waals surface area contributed by atoms with Crippen LogP contribution in [0.25, 0.3) is 0 Å². The molecule has 0 aliphatic rings. The first-order valence-corrected chi connectivity index (χ1v) is 10.9. The summed E-state index contributed by atoms with van der Waals surface area (Å²) in [5, 5.41) is 9.99. The third kappa shape index (κ3) is 5.32. The van der Waals surface area contributed by atoms with E-state index in [1.54, 1.807) is 18.2 Å². The van der Waals surface area contributed by atoms with Gasteiger partial charge in [-0.15, -0.1) is 10.2 Å². The van der Waals surface area contributed by atoms with Gasteiger partial charge in [-0.05, 0) is 50.6 Å². The molecule has 152 valence electrons. The van der Waals surface area contributed by atoms with Gasteiger partial charge in [0.05, 0.1) is 10.8 Å². The van der Waals surface area contributed by atoms with Gasteiger partial charge in [0.1, 0.15) is 12.4 Å². The van der Waals surface area contributed by atoms with Crippen molar-refractivity contribution in [1.29, 1.82) is 0 Å². The number of benzene rings is 2. The minimum absolute atomic E-state index is 0.0876. The fraction of sp³-hybridized carbons (Fsp3) is 0.286. The van der Waals surface area contributed by atoms with Gasteiger partial charge >= 0.3 is 0 Å². The van der Waals surface area contributed by atoms with Crippen LogP contribution in [0.3, 0.4) is 0 Å². The number of carbonyl (C=O) groups excluding carboxylic acids is 1. The summed E-state index contributed by atoms with van der Waals surface area (Å²) < 4.78 is 7.88. The molecule has 0 amide bonds. The van der Waals surface area contributed by atoms with E-state index >= 15 is 0 Å². The minimum atomic E-state index is -0.0876. The van der Waals surface area contributed by atoms with Gasteiger partial charge in [0.15, 0.2) is 16.8 Å². The second kappa shape index (κ2) is 9.65. The van der Waals surface area contributed by atoms with Crippen molar-refractivity contribution in [2.24, 2.45) is 0 Å². The summed E-state index contributed by atoms with van der Waals surface area (Å²) in [4.78, 5) is 12.5. The molecular formula is C21H21Cl2N3O2S. The Morgan fingerprint density at radius 3 is 2.62 bits per heavy atom. The predicted octanol–water partition coefficient (Wildman–Crippen LogP) is 5.78. The van der Waals surface area contributed by atoms with Crippen LogP contribution in [-0.4, -0.2) is 26.3 Å². The Bertz CT molecular complexity index is 1040. The molecule has 2 aromatic carbocycles. The molecule has 8 heteroatoms. The molecule has 3 aromatic rings. The maximum absolute atomic E-state index is 12.5. The molecule has 0 aliphatic heterocycles. The first kappa shape index (κ1) is 21.7.